The Morgan fingerprint density at radius 1 is 1.50 bits per heavy atom. The van der Waals surface area contributed by atoms with Gasteiger partial charge in [0.25, 0.3) is 0 Å². The second-order valence-corrected chi connectivity index (χ2v) is 5.22. The summed E-state index contributed by atoms with van der Waals surface area (Å²) < 4.78 is 7.51. The molecule has 1 aliphatic rings. The summed E-state index contributed by atoms with van der Waals surface area (Å²) in [5, 5.41) is 20.0. The fourth-order valence-corrected chi connectivity index (χ4v) is 2.50. The zero-order valence-electron chi connectivity index (χ0n) is 11.0. The zero-order chi connectivity index (χ0) is 14.5. The van der Waals surface area contributed by atoms with Gasteiger partial charge < -0.3 is 31.0 Å². The fraction of sp³-hybridized carbons (Fsp3) is 0.500. The largest absolute Gasteiger partial charge is 0.393 e. The van der Waals surface area contributed by atoms with E-state index in [-0.39, 0.29) is 12.6 Å². The molecule has 1 aliphatic heterocycles. The smallest absolute Gasteiger partial charge is 0.223 e. The van der Waals surface area contributed by atoms with Gasteiger partial charge in [0.05, 0.1) is 18.1 Å². The molecule has 8 heteroatoms. The summed E-state index contributed by atoms with van der Waals surface area (Å²) in [4.78, 5) is 8.07. The van der Waals surface area contributed by atoms with Gasteiger partial charge in [-0.15, -0.1) is 0 Å². The highest BCUT2D eigenvalue weighted by molar-refractivity contribution is 5.87. The molecule has 0 unspecified atom stereocenters. The Hall–Kier alpha value is -1.90. The van der Waals surface area contributed by atoms with Gasteiger partial charge in [-0.1, -0.05) is 0 Å². The van der Waals surface area contributed by atoms with Crippen LogP contribution in [0.4, 0.5) is 11.8 Å². The van der Waals surface area contributed by atoms with E-state index in [9.17, 15) is 10.2 Å². The molecule has 3 atom stereocenters. The number of nitrogens with two attached hydrogens (primary N) is 2. The number of nitrogens with zero attached hydrogens (tertiary/aromatic N) is 3. The normalized spacial score (nSPS) is 30.1. The number of hydrogen-bond acceptors (Lipinski definition) is 7. The van der Waals surface area contributed by atoms with E-state index in [2.05, 4.69) is 9.97 Å². The average molecular weight is 279 g/mol. The Kier molecular flexibility index (Phi) is 2.82. The molecule has 1 fully saturated rings. The van der Waals surface area contributed by atoms with Crippen molar-refractivity contribution in [2.24, 2.45) is 0 Å². The highest BCUT2D eigenvalue weighted by Gasteiger charge is 2.45. The van der Waals surface area contributed by atoms with Crippen LogP contribution in [0.2, 0.25) is 0 Å². The SMILES string of the molecule is C[C@]1(CO)O[C@@H](n2ccc3c(N)nc(N)nc32)C[C@@H]1O. The molecule has 0 spiro atoms. The molecule has 0 aromatic carbocycles. The molecular weight excluding hydrogens is 262 g/mol. The van der Waals surface area contributed by atoms with E-state index in [1.54, 1.807) is 23.8 Å². The predicted octanol–water partition coefficient (Wildman–Crippen LogP) is -0.374. The third-order valence-electron chi connectivity index (χ3n) is 3.78. The van der Waals surface area contributed by atoms with Crippen molar-refractivity contribution in [2.45, 2.75) is 31.3 Å². The summed E-state index contributed by atoms with van der Waals surface area (Å²) in [5.74, 6) is 0.383. The molecule has 3 rings (SSSR count). The topological polar surface area (TPSA) is 132 Å². The lowest BCUT2D eigenvalue weighted by Gasteiger charge is -2.25. The van der Waals surface area contributed by atoms with E-state index in [0.717, 1.165) is 0 Å². The van der Waals surface area contributed by atoms with Crippen molar-refractivity contribution >= 4 is 22.8 Å². The molecule has 108 valence electrons. The van der Waals surface area contributed by atoms with E-state index in [1.807, 2.05) is 0 Å². The number of anilines is 2. The summed E-state index contributed by atoms with van der Waals surface area (Å²) in [6.07, 6.45) is 0.917. The van der Waals surface area contributed by atoms with Crippen LogP contribution >= 0.6 is 0 Å². The summed E-state index contributed by atoms with van der Waals surface area (Å²) in [6, 6.07) is 1.77. The number of aliphatic hydroxyl groups excluding tert-OH is 2. The van der Waals surface area contributed by atoms with Crippen LogP contribution in [0, 0.1) is 0 Å². The van der Waals surface area contributed by atoms with Gasteiger partial charge in [-0.2, -0.15) is 9.97 Å². The zero-order valence-corrected chi connectivity index (χ0v) is 11.0. The van der Waals surface area contributed by atoms with Crippen LogP contribution < -0.4 is 11.5 Å². The highest BCUT2D eigenvalue weighted by atomic mass is 16.6. The first-order valence-corrected chi connectivity index (χ1v) is 6.31. The molecule has 2 aromatic rings. The maximum absolute atomic E-state index is 10.0. The van der Waals surface area contributed by atoms with Gasteiger partial charge in [-0.25, -0.2) is 0 Å². The lowest BCUT2D eigenvalue weighted by Crippen LogP contribution is -2.39. The average Bonchev–Trinajstić information content (AvgIpc) is 2.92. The molecule has 0 saturated carbocycles. The van der Waals surface area contributed by atoms with Crippen LogP contribution in [0.5, 0.6) is 0 Å². The van der Waals surface area contributed by atoms with Crippen LogP contribution in [-0.2, 0) is 4.74 Å². The number of hydrogen-bond donors (Lipinski definition) is 4. The number of rotatable bonds is 2. The molecule has 0 aliphatic carbocycles. The molecule has 20 heavy (non-hydrogen) atoms. The molecule has 0 amide bonds. The molecule has 8 nitrogen and oxygen atoms in total. The monoisotopic (exact) mass is 279 g/mol. The fourth-order valence-electron chi connectivity index (χ4n) is 2.50. The van der Waals surface area contributed by atoms with Gasteiger partial charge in [0.1, 0.15) is 23.3 Å². The summed E-state index contributed by atoms with van der Waals surface area (Å²) >= 11 is 0. The van der Waals surface area contributed by atoms with Gasteiger partial charge in [-0.3, -0.25) is 0 Å². The molecule has 1 saturated heterocycles. The molecule has 0 radical (unpaired) electrons. The van der Waals surface area contributed by atoms with Crippen molar-refractivity contribution < 1.29 is 14.9 Å². The number of fused-ring (bicyclic) bond motifs is 1. The highest BCUT2D eigenvalue weighted by Crippen LogP contribution is 2.38. The van der Waals surface area contributed by atoms with E-state index in [4.69, 9.17) is 16.2 Å². The molecular formula is C12H17N5O3. The van der Waals surface area contributed by atoms with Crippen LogP contribution in [0.15, 0.2) is 12.3 Å². The molecule has 2 aromatic heterocycles. The van der Waals surface area contributed by atoms with Gasteiger partial charge in [0.15, 0.2) is 0 Å². The number of aliphatic hydroxyl groups is 2. The van der Waals surface area contributed by atoms with E-state index < -0.39 is 17.9 Å². The third-order valence-corrected chi connectivity index (χ3v) is 3.78. The Bertz CT molecular complexity index is 658. The Morgan fingerprint density at radius 2 is 2.25 bits per heavy atom. The first-order valence-electron chi connectivity index (χ1n) is 6.31. The van der Waals surface area contributed by atoms with Crippen LogP contribution in [-0.4, -0.2) is 43.1 Å². The molecule has 0 bridgehead atoms. The minimum atomic E-state index is -0.981. The summed E-state index contributed by atoms with van der Waals surface area (Å²) in [7, 11) is 0. The third kappa shape index (κ3) is 1.80. The standard InChI is InChI=1S/C12H17N5O3/c1-12(5-18)7(19)4-8(20-12)17-3-2-6-9(13)15-11(14)16-10(6)17/h2-3,7-8,18-19H,4-5H2,1H3,(H4,13,14,15,16)/t7-,8+,12+/m0/s1. The van der Waals surface area contributed by atoms with Crippen LogP contribution in [0.25, 0.3) is 11.0 Å². The number of ether oxygens (including phenoxy) is 1. The molecule has 3 heterocycles. The lowest BCUT2D eigenvalue weighted by atomic mass is 10.0. The quantitative estimate of drug-likeness (QED) is 0.589. The maximum Gasteiger partial charge on any atom is 0.223 e. The van der Waals surface area contributed by atoms with Crippen molar-refractivity contribution in [3.05, 3.63) is 12.3 Å². The van der Waals surface area contributed by atoms with E-state index in [0.29, 0.717) is 23.3 Å². The second-order valence-electron chi connectivity index (χ2n) is 5.22. The second kappa shape index (κ2) is 4.30. The maximum atomic E-state index is 10.0. The van der Waals surface area contributed by atoms with E-state index >= 15 is 0 Å². The minimum absolute atomic E-state index is 0.0819. The van der Waals surface area contributed by atoms with Gasteiger partial charge in [0.2, 0.25) is 5.95 Å². The first-order chi connectivity index (χ1) is 9.44. The van der Waals surface area contributed by atoms with Crippen molar-refractivity contribution in [3.8, 4) is 0 Å². The first kappa shape index (κ1) is 13.1. The van der Waals surface area contributed by atoms with E-state index in [1.165, 1.54) is 0 Å². The minimum Gasteiger partial charge on any atom is -0.393 e. The lowest BCUT2D eigenvalue weighted by molar-refractivity contribution is -0.114. The van der Waals surface area contributed by atoms with Gasteiger partial charge in [0, 0.05) is 12.6 Å². The predicted molar refractivity (Wildman–Crippen MR) is 72.6 cm³/mol. The number of aromatic nitrogens is 3. The van der Waals surface area contributed by atoms with Crippen molar-refractivity contribution in [1.82, 2.24) is 14.5 Å². The van der Waals surface area contributed by atoms with Gasteiger partial charge >= 0.3 is 0 Å². The van der Waals surface area contributed by atoms with Crippen molar-refractivity contribution in [2.75, 3.05) is 18.1 Å². The van der Waals surface area contributed by atoms with Crippen molar-refractivity contribution in [3.63, 3.8) is 0 Å². The Labute approximate surface area is 115 Å². The van der Waals surface area contributed by atoms with Crippen LogP contribution in [0.3, 0.4) is 0 Å². The van der Waals surface area contributed by atoms with Crippen molar-refractivity contribution in [1.29, 1.82) is 0 Å². The Balaban J connectivity index is 2.04. The molecule has 6 N–H and O–H groups in total. The van der Waals surface area contributed by atoms with Gasteiger partial charge in [-0.05, 0) is 13.0 Å². The van der Waals surface area contributed by atoms with Crippen LogP contribution in [0.1, 0.15) is 19.6 Å². The number of nitrogen functional groups attached to an aromatic ring is 2. The Morgan fingerprint density at radius 3 is 2.90 bits per heavy atom. The summed E-state index contributed by atoms with van der Waals surface area (Å²) in [5.41, 5.74) is 11.0. The summed E-state index contributed by atoms with van der Waals surface area (Å²) in [6.45, 7) is 1.41.